The van der Waals surface area contributed by atoms with Crippen molar-refractivity contribution in [2.45, 2.75) is 13.5 Å². The Morgan fingerprint density at radius 2 is 2.05 bits per heavy atom. The Hall–Kier alpha value is -1.52. The first-order valence-corrected chi connectivity index (χ1v) is 7.55. The highest BCUT2D eigenvalue weighted by Gasteiger charge is 2.08. The number of esters is 1. The molecule has 3 nitrogen and oxygen atoms in total. The van der Waals surface area contributed by atoms with Crippen molar-refractivity contribution < 1.29 is 9.53 Å². The minimum atomic E-state index is -0.349. The molecule has 0 amide bonds. The molecule has 0 saturated heterocycles. The second-order valence-electron chi connectivity index (χ2n) is 4.61. The number of halogens is 2. The molecule has 0 saturated carbocycles. The summed E-state index contributed by atoms with van der Waals surface area (Å²) in [4.78, 5) is 11.6. The van der Waals surface area contributed by atoms with Gasteiger partial charge in [0.25, 0.3) is 0 Å². The van der Waals surface area contributed by atoms with Gasteiger partial charge in [-0.2, -0.15) is 0 Å². The van der Waals surface area contributed by atoms with E-state index in [-0.39, 0.29) is 5.97 Å². The van der Waals surface area contributed by atoms with Crippen LogP contribution in [0, 0.1) is 6.92 Å². The van der Waals surface area contributed by atoms with E-state index in [1.807, 2.05) is 31.2 Å². The van der Waals surface area contributed by atoms with E-state index in [0.717, 1.165) is 21.3 Å². The highest BCUT2D eigenvalue weighted by Crippen LogP contribution is 2.23. The standard InChI is InChI=1S/C16H15BrClNO2/c1-10-3-4-11(16(20)21-2)8-15(10)19-9-12-7-13(17)5-6-14(12)18/h3-8,19H,9H2,1-2H3. The Labute approximate surface area is 137 Å². The van der Waals surface area contributed by atoms with E-state index in [1.165, 1.54) is 7.11 Å². The Morgan fingerprint density at radius 3 is 2.76 bits per heavy atom. The van der Waals surface area contributed by atoms with Crippen LogP contribution >= 0.6 is 27.5 Å². The topological polar surface area (TPSA) is 38.3 Å². The molecule has 0 bridgehead atoms. The van der Waals surface area contributed by atoms with Gasteiger partial charge in [-0.25, -0.2) is 4.79 Å². The zero-order chi connectivity index (χ0) is 15.4. The van der Waals surface area contributed by atoms with Crippen molar-refractivity contribution in [3.8, 4) is 0 Å². The number of carbonyl (C=O) groups is 1. The van der Waals surface area contributed by atoms with Gasteiger partial charge in [0.1, 0.15) is 0 Å². The van der Waals surface area contributed by atoms with Gasteiger partial charge in [-0.05, 0) is 48.4 Å². The van der Waals surface area contributed by atoms with E-state index in [2.05, 4.69) is 21.2 Å². The molecule has 0 aliphatic carbocycles. The smallest absolute Gasteiger partial charge is 0.337 e. The van der Waals surface area contributed by atoms with E-state index >= 15 is 0 Å². The summed E-state index contributed by atoms with van der Waals surface area (Å²) in [5.41, 5.74) is 3.43. The second kappa shape index (κ2) is 6.96. The molecule has 0 aromatic heterocycles. The average Bonchev–Trinajstić information content (AvgIpc) is 2.48. The van der Waals surface area contributed by atoms with E-state index in [0.29, 0.717) is 17.1 Å². The number of ether oxygens (including phenoxy) is 1. The summed E-state index contributed by atoms with van der Waals surface area (Å²) in [6.07, 6.45) is 0. The molecule has 2 aromatic rings. The summed E-state index contributed by atoms with van der Waals surface area (Å²) in [6.45, 7) is 2.55. The third-order valence-corrected chi connectivity index (χ3v) is 4.00. The largest absolute Gasteiger partial charge is 0.465 e. The van der Waals surface area contributed by atoms with Gasteiger partial charge in [0.05, 0.1) is 12.7 Å². The highest BCUT2D eigenvalue weighted by molar-refractivity contribution is 9.10. The van der Waals surface area contributed by atoms with Gasteiger partial charge >= 0.3 is 5.97 Å². The second-order valence-corrected chi connectivity index (χ2v) is 5.93. The van der Waals surface area contributed by atoms with Crippen LogP contribution < -0.4 is 5.32 Å². The van der Waals surface area contributed by atoms with Crippen LogP contribution in [0.25, 0.3) is 0 Å². The summed E-state index contributed by atoms with van der Waals surface area (Å²) in [5, 5.41) is 4.00. The Balaban J connectivity index is 2.19. The van der Waals surface area contributed by atoms with Gasteiger partial charge in [0.15, 0.2) is 0 Å². The van der Waals surface area contributed by atoms with Crippen LogP contribution in [0.4, 0.5) is 5.69 Å². The summed E-state index contributed by atoms with van der Waals surface area (Å²) >= 11 is 9.60. The van der Waals surface area contributed by atoms with E-state index < -0.39 is 0 Å². The molecule has 0 heterocycles. The zero-order valence-corrected chi connectivity index (χ0v) is 14.1. The van der Waals surface area contributed by atoms with Crippen LogP contribution in [-0.2, 0) is 11.3 Å². The van der Waals surface area contributed by atoms with Crippen LogP contribution in [-0.4, -0.2) is 13.1 Å². The van der Waals surface area contributed by atoms with E-state index in [1.54, 1.807) is 12.1 Å². The number of hydrogen-bond acceptors (Lipinski definition) is 3. The molecular weight excluding hydrogens is 354 g/mol. The first-order valence-electron chi connectivity index (χ1n) is 6.38. The minimum Gasteiger partial charge on any atom is -0.465 e. The van der Waals surface area contributed by atoms with Gasteiger partial charge in [0, 0.05) is 21.7 Å². The van der Waals surface area contributed by atoms with Gasteiger partial charge < -0.3 is 10.1 Å². The Kier molecular flexibility index (Phi) is 5.26. The number of anilines is 1. The zero-order valence-electron chi connectivity index (χ0n) is 11.7. The predicted octanol–water partition coefficient (Wildman–Crippen LogP) is 4.81. The Morgan fingerprint density at radius 1 is 1.29 bits per heavy atom. The first-order chi connectivity index (χ1) is 10.0. The summed E-state index contributed by atoms with van der Waals surface area (Å²) in [5.74, 6) is -0.349. The average molecular weight is 369 g/mol. The Bertz CT molecular complexity index is 673. The number of benzene rings is 2. The predicted molar refractivity (Wildman–Crippen MR) is 89.0 cm³/mol. The number of methoxy groups -OCH3 is 1. The SMILES string of the molecule is COC(=O)c1ccc(C)c(NCc2cc(Br)ccc2Cl)c1. The molecule has 1 N–H and O–H groups in total. The number of carbonyl (C=O) groups excluding carboxylic acids is 1. The molecule has 0 fully saturated rings. The van der Waals surface area contributed by atoms with Crippen molar-refractivity contribution in [1.82, 2.24) is 0 Å². The first kappa shape index (κ1) is 15.9. The van der Waals surface area contributed by atoms with Crippen LogP contribution in [0.5, 0.6) is 0 Å². The van der Waals surface area contributed by atoms with Crippen LogP contribution in [0.1, 0.15) is 21.5 Å². The summed E-state index contributed by atoms with van der Waals surface area (Å²) < 4.78 is 5.71. The monoisotopic (exact) mass is 367 g/mol. The van der Waals surface area contributed by atoms with Crippen molar-refractivity contribution in [2.24, 2.45) is 0 Å². The maximum absolute atomic E-state index is 11.6. The minimum absolute atomic E-state index is 0.349. The third kappa shape index (κ3) is 3.99. The van der Waals surface area contributed by atoms with Gasteiger partial charge in [-0.15, -0.1) is 0 Å². The van der Waals surface area contributed by atoms with Crippen LogP contribution in [0.15, 0.2) is 40.9 Å². The molecule has 0 radical (unpaired) electrons. The van der Waals surface area contributed by atoms with Crippen molar-refractivity contribution >= 4 is 39.2 Å². The molecule has 2 rings (SSSR count). The molecule has 5 heteroatoms. The normalized spacial score (nSPS) is 10.3. The van der Waals surface area contributed by atoms with Crippen LogP contribution in [0.2, 0.25) is 5.02 Å². The van der Waals surface area contributed by atoms with E-state index in [9.17, 15) is 4.79 Å². The lowest BCUT2D eigenvalue weighted by Crippen LogP contribution is -2.05. The molecule has 2 aromatic carbocycles. The lowest BCUT2D eigenvalue weighted by Gasteiger charge is -2.12. The highest BCUT2D eigenvalue weighted by atomic mass is 79.9. The van der Waals surface area contributed by atoms with Gasteiger partial charge in [-0.3, -0.25) is 0 Å². The van der Waals surface area contributed by atoms with Crippen molar-refractivity contribution in [2.75, 3.05) is 12.4 Å². The van der Waals surface area contributed by atoms with E-state index in [4.69, 9.17) is 16.3 Å². The molecule has 0 spiro atoms. The number of hydrogen-bond donors (Lipinski definition) is 1. The number of aryl methyl sites for hydroxylation is 1. The molecule has 0 atom stereocenters. The van der Waals surface area contributed by atoms with Crippen molar-refractivity contribution in [1.29, 1.82) is 0 Å². The fraction of sp³-hybridized carbons (Fsp3) is 0.188. The fourth-order valence-electron chi connectivity index (χ4n) is 1.93. The molecule has 0 aliphatic heterocycles. The maximum Gasteiger partial charge on any atom is 0.337 e. The lowest BCUT2D eigenvalue weighted by atomic mass is 10.1. The molecular formula is C16H15BrClNO2. The van der Waals surface area contributed by atoms with Crippen molar-refractivity contribution in [3.63, 3.8) is 0 Å². The van der Waals surface area contributed by atoms with Crippen molar-refractivity contribution in [3.05, 3.63) is 62.6 Å². The molecule has 21 heavy (non-hydrogen) atoms. The lowest BCUT2D eigenvalue weighted by molar-refractivity contribution is 0.0601. The maximum atomic E-state index is 11.6. The molecule has 110 valence electrons. The third-order valence-electron chi connectivity index (χ3n) is 3.14. The number of nitrogens with one attached hydrogen (secondary N) is 1. The fourth-order valence-corrected chi connectivity index (χ4v) is 2.52. The van der Waals surface area contributed by atoms with Gasteiger partial charge in [-0.1, -0.05) is 33.6 Å². The summed E-state index contributed by atoms with van der Waals surface area (Å²) in [6, 6.07) is 11.1. The molecule has 0 aliphatic rings. The number of rotatable bonds is 4. The van der Waals surface area contributed by atoms with Crippen LogP contribution in [0.3, 0.4) is 0 Å². The quantitative estimate of drug-likeness (QED) is 0.787. The molecule has 0 unspecified atom stereocenters. The summed E-state index contributed by atoms with van der Waals surface area (Å²) in [7, 11) is 1.37. The van der Waals surface area contributed by atoms with Gasteiger partial charge in [0.2, 0.25) is 0 Å².